The maximum Gasteiger partial charge on any atom is 0.256 e. The van der Waals surface area contributed by atoms with Crippen LogP contribution in [-0.4, -0.2) is 23.6 Å². The molecular formula is C25H19N3O4. The Morgan fingerprint density at radius 1 is 0.844 bits per heavy atom. The number of carbonyl (C=O) groups is 2. The van der Waals surface area contributed by atoms with Crippen LogP contribution in [0.1, 0.15) is 26.3 Å². The normalized spacial score (nSPS) is 11.9. The summed E-state index contributed by atoms with van der Waals surface area (Å²) >= 11 is 0. The predicted molar refractivity (Wildman–Crippen MR) is 120 cm³/mol. The average Bonchev–Trinajstić information content (AvgIpc) is 3.30. The fraction of sp³-hybridized carbons (Fsp3) is 0.0800. The Morgan fingerprint density at radius 3 is 2.62 bits per heavy atom. The largest absolute Gasteiger partial charge is 0.454 e. The number of anilines is 1. The van der Waals surface area contributed by atoms with Gasteiger partial charge in [0, 0.05) is 23.7 Å². The Labute approximate surface area is 184 Å². The average molecular weight is 425 g/mol. The van der Waals surface area contributed by atoms with Gasteiger partial charge in [0.05, 0.1) is 16.8 Å². The highest BCUT2D eigenvalue weighted by molar-refractivity contribution is 6.14. The van der Waals surface area contributed by atoms with Crippen molar-refractivity contribution in [3.05, 3.63) is 95.7 Å². The number of nitrogens with zero attached hydrogens (tertiary/aromatic N) is 1. The first-order valence-electron chi connectivity index (χ1n) is 10.1. The second-order valence-electron chi connectivity index (χ2n) is 7.25. The van der Waals surface area contributed by atoms with Crippen LogP contribution in [0.4, 0.5) is 5.69 Å². The summed E-state index contributed by atoms with van der Waals surface area (Å²) < 4.78 is 10.7. The van der Waals surface area contributed by atoms with E-state index in [1.165, 1.54) is 0 Å². The first-order valence-corrected chi connectivity index (χ1v) is 10.1. The van der Waals surface area contributed by atoms with E-state index in [9.17, 15) is 9.59 Å². The van der Waals surface area contributed by atoms with Crippen molar-refractivity contribution in [2.24, 2.45) is 0 Å². The van der Waals surface area contributed by atoms with Crippen LogP contribution in [0.3, 0.4) is 0 Å². The summed E-state index contributed by atoms with van der Waals surface area (Å²) in [6.07, 6.45) is 1.68. The predicted octanol–water partition coefficient (Wildman–Crippen LogP) is 4.15. The van der Waals surface area contributed by atoms with Crippen LogP contribution < -0.4 is 20.1 Å². The molecule has 0 saturated carbocycles. The third kappa shape index (κ3) is 3.83. The lowest BCUT2D eigenvalue weighted by molar-refractivity contribution is 0.0951. The standard InChI is InChI=1S/C25H19N3O4/c29-24(27-14-16-10-11-22-23(13-16)32-15-31-22)19-5-1-2-8-21(19)28-25(30)18-6-3-9-20-17(18)7-4-12-26-20/h1-13H,14-15H2,(H,27,29)(H,28,30). The molecule has 0 spiro atoms. The van der Waals surface area contributed by atoms with Crippen LogP contribution in [0, 0.1) is 0 Å². The molecule has 32 heavy (non-hydrogen) atoms. The minimum absolute atomic E-state index is 0.199. The van der Waals surface area contributed by atoms with Gasteiger partial charge >= 0.3 is 0 Å². The smallest absolute Gasteiger partial charge is 0.256 e. The van der Waals surface area contributed by atoms with Gasteiger partial charge in [-0.3, -0.25) is 14.6 Å². The molecule has 0 atom stereocenters. The fourth-order valence-corrected chi connectivity index (χ4v) is 3.61. The number of amides is 2. The van der Waals surface area contributed by atoms with Crippen molar-refractivity contribution in [3.63, 3.8) is 0 Å². The molecule has 0 saturated heterocycles. The molecule has 1 aliphatic heterocycles. The molecule has 1 aliphatic rings. The zero-order chi connectivity index (χ0) is 21.9. The highest BCUT2D eigenvalue weighted by atomic mass is 16.7. The van der Waals surface area contributed by atoms with Crippen molar-refractivity contribution >= 4 is 28.4 Å². The second kappa shape index (κ2) is 8.39. The number of hydrogen-bond acceptors (Lipinski definition) is 5. The third-order valence-electron chi connectivity index (χ3n) is 5.20. The van der Waals surface area contributed by atoms with E-state index in [2.05, 4.69) is 15.6 Å². The van der Waals surface area contributed by atoms with Gasteiger partial charge in [0.2, 0.25) is 6.79 Å². The van der Waals surface area contributed by atoms with Gasteiger partial charge in [0.1, 0.15) is 0 Å². The molecule has 3 aromatic carbocycles. The molecule has 4 aromatic rings. The minimum atomic E-state index is -0.306. The lowest BCUT2D eigenvalue weighted by Crippen LogP contribution is -2.25. The molecular weight excluding hydrogens is 406 g/mol. The molecule has 2 heterocycles. The highest BCUT2D eigenvalue weighted by Crippen LogP contribution is 2.32. The van der Waals surface area contributed by atoms with Gasteiger partial charge in [0.15, 0.2) is 11.5 Å². The van der Waals surface area contributed by atoms with Crippen molar-refractivity contribution < 1.29 is 19.1 Å². The number of carbonyl (C=O) groups excluding carboxylic acids is 2. The molecule has 7 heteroatoms. The van der Waals surface area contributed by atoms with Crippen LogP contribution >= 0.6 is 0 Å². The lowest BCUT2D eigenvalue weighted by Gasteiger charge is -2.12. The van der Waals surface area contributed by atoms with Gasteiger partial charge in [-0.15, -0.1) is 0 Å². The number of para-hydroxylation sites is 1. The van der Waals surface area contributed by atoms with Crippen LogP contribution in [0.5, 0.6) is 11.5 Å². The van der Waals surface area contributed by atoms with E-state index in [0.29, 0.717) is 34.9 Å². The molecule has 5 rings (SSSR count). The SMILES string of the molecule is O=C(NCc1ccc2c(c1)OCO2)c1ccccc1NC(=O)c1cccc2ncccc12. The molecule has 0 fully saturated rings. The zero-order valence-corrected chi connectivity index (χ0v) is 17.0. The molecule has 158 valence electrons. The third-order valence-corrected chi connectivity index (χ3v) is 5.20. The quantitative estimate of drug-likeness (QED) is 0.502. The van der Waals surface area contributed by atoms with E-state index in [4.69, 9.17) is 9.47 Å². The van der Waals surface area contributed by atoms with Crippen molar-refractivity contribution in [1.29, 1.82) is 0 Å². The Hall–Kier alpha value is -4.39. The highest BCUT2D eigenvalue weighted by Gasteiger charge is 2.17. The molecule has 0 bridgehead atoms. The van der Waals surface area contributed by atoms with E-state index < -0.39 is 0 Å². The topological polar surface area (TPSA) is 89.5 Å². The van der Waals surface area contributed by atoms with Crippen LogP contribution in [-0.2, 0) is 6.54 Å². The molecule has 0 aliphatic carbocycles. The number of pyridine rings is 1. The van der Waals surface area contributed by atoms with Crippen molar-refractivity contribution in [2.75, 3.05) is 12.1 Å². The monoisotopic (exact) mass is 425 g/mol. The van der Waals surface area contributed by atoms with Gasteiger partial charge in [-0.05, 0) is 48.0 Å². The van der Waals surface area contributed by atoms with Crippen LogP contribution in [0.2, 0.25) is 0 Å². The summed E-state index contributed by atoms with van der Waals surface area (Å²) in [4.78, 5) is 30.2. The summed E-state index contributed by atoms with van der Waals surface area (Å²) in [5, 5.41) is 6.51. The fourth-order valence-electron chi connectivity index (χ4n) is 3.61. The van der Waals surface area contributed by atoms with Gasteiger partial charge in [-0.2, -0.15) is 0 Å². The summed E-state index contributed by atoms with van der Waals surface area (Å²) in [5.41, 5.74) is 2.91. The van der Waals surface area contributed by atoms with Crippen molar-refractivity contribution in [2.45, 2.75) is 6.54 Å². The number of benzene rings is 3. The van der Waals surface area contributed by atoms with Crippen molar-refractivity contribution in [1.82, 2.24) is 10.3 Å². The molecule has 2 amide bonds. The molecule has 7 nitrogen and oxygen atoms in total. The zero-order valence-electron chi connectivity index (χ0n) is 17.0. The van der Waals surface area contributed by atoms with E-state index in [1.807, 2.05) is 30.3 Å². The van der Waals surface area contributed by atoms with Crippen molar-refractivity contribution in [3.8, 4) is 11.5 Å². The lowest BCUT2D eigenvalue weighted by atomic mass is 10.1. The van der Waals surface area contributed by atoms with E-state index in [-0.39, 0.29) is 18.6 Å². The Bertz CT molecular complexity index is 1330. The summed E-state index contributed by atoms with van der Waals surface area (Å²) in [7, 11) is 0. The molecule has 1 aromatic heterocycles. The number of rotatable bonds is 5. The van der Waals surface area contributed by atoms with Gasteiger partial charge < -0.3 is 20.1 Å². The summed E-state index contributed by atoms with van der Waals surface area (Å²) in [6, 6.07) is 21.4. The summed E-state index contributed by atoms with van der Waals surface area (Å²) in [6.45, 7) is 0.512. The molecule has 2 N–H and O–H groups in total. The van der Waals surface area contributed by atoms with Gasteiger partial charge in [-0.25, -0.2) is 0 Å². The number of ether oxygens (including phenoxy) is 2. The van der Waals surface area contributed by atoms with Crippen LogP contribution in [0.25, 0.3) is 10.9 Å². The number of fused-ring (bicyclic) bond motifs is 2. The van der Waals surface area contributed by atoms with Gasteiger partial charge in [-0.1, -0.05) is 30.3 Å². The first kappa shape index (κ1) is 19.6. The second-order valence-corrected chi connectivity index (χ2v) is 7.25. The Morgan fingerprint density at radius 2 is 1.69 bits per heavy atom. The van der Waals surface area contributed by atoms with E-state index in [0.717, 1.165) is 16.5 Å². The number of nitrogens with one attached hydrogen (secondary N) is 2. The minimum Gasteiger partial charge on any atom is -0.454 e. The van der Waals surface area contributed by atoms with Gasteiger partial charge in [0.25, 0.3) is 11.8 Å². The number of aromatic nitrogens is 1. The Kier molecular flexibility index (Phi) is 5.13. The van der Waals surface area contributed by atoms with Crippen LogP contribution in [0.15, 0.2) is 79.0 Å². The maximum absolute atomic E-state index is 13.0. The molecule has 0 radical (unpaired) electrons. The Balaban J connectivity index is 1.33. The first-order chi connectivity index (χ1) is 15.7. The number of hydrogen-bond donors (Lipinski definition) is 2. The van der Waals surface area contributed by atoms with E-state index in [1.54, 1.807) is 48.7 Å². The summed E-state index contributed by atoms with van der Waals surface area (Å²) in [5.74, 6) is 0.753. The van der Waals surface area contributed by atoms with E-state index >= 15 is 0 Å². The molecule has 0 unspecified atom stereocenters. The maximum atomic E-state index is 13.0.